The van der Waals surface area contributed by atoms with Crippen molar-refractivity contribution >= 4 is 0 Å². The van der Waals surface area contributed by atoms with Crippen molar-refractivity contribution in [2.75, 3.05) is 19.6 Å². The number of nitrogens with zero attached hydrogens (tertiary/aromatic N) is 2. The average Bonchev–Trinajstić information content (AvgIpc) is 3.24. The van der Waals surface area contributed by atoms with E-state index >= 15 is 0 Å². The fourth-order valence-electron chi connectivity index (χ4n) is 4.61. The normalized spacial score (nSPS) is 23.9. The molecule has 5 nitrogen and oxygen atoms in total. The van der Waals surface area contributed by atoms with Crippen LogP contribution >= 0.6 is 0 Å². The molecule has 2 aromatic rings. The molecule has 2 heterocycles. The minimum Gasteiger partial charge on any atom is -0.302 e. The van der Waals surface area contributed by atoms with Gasteiger partial charge in [-0.3, -0.25) is 9.78 Å². The summed E-state index contributed by atoms with van der Waals surface area (Å²) < 4.78 is 40.6. The van der Waals surface area contributed by atoms with E-state index in [-0.39, 0.29) is 11.0 Å². The van der Waals surface area contributed by atoms with Crippen LogP contribution in [0.2, 0.25) is 0 Å². The Balaban J connectivity index is 1.32. The van der Waals surface area contributed by atoms with Crippen LogP contribution in [0.5, 0.6) is 0 Å². The van der Waals surface area contributed by atoms with Gasteiger partial charge in [0.2, 0.25) is 0 Å². The minimum absolute atomic E-state index is 0.131. The van der Waals surface area contributed by atoms with E-state index in [1.807, 2.05) is 6.07 Å². The molecule has 2 atom stereocenters. The summed E-state index contributed by atoms with van der Waals surface area (Å²) in [5.41, 5.74) is -0.153. The molecule has 1 saturated heterocycles. The zero-order valence-corrected chi connectivity index (χ0v) is 16.3. The monoisotopic (exact) mass is 407 g/mol. The van der Waals surface area contributed by atoms with Gasteiger partial charge in [-0.05, 0) is 50.3 Å². The van der Waals surface area contributed by atoms with Gasteiger partial charge in [-0.1, -0.05) is 18.2 Å². The third-order valence-corrected chi connectivity index (χ3v) is 6.29. The van der Waals surface area contributed by atoms with E-state index < -0.39 is 17.4 Å². The number of hydrogen-bond donors (Lipinski definition) is 1. The first-order valence-electron chi connectivity index (χ1n) is 9.89. The fraction of sp³-hybridized carbons (Fsp3) is 0.524. The van der Waals surface area contributed by atoms with E-state index in [9.17, 15) is 22.8 Å². The summed E-state index contributed by atoms with van der Waals surface area (Å²) in [6, 6.07) is 5.78. The lowest BCUT2D eigenvalue weighted by Gasteiger charge is -2.21. The molecule has 0 bridgehead atoms. The number of hydrogen-bond acceptors (Lipinski definition) is 3. The topological polar surface area (TPSA) is 58.1 Å². The first kappa shape index (κ1) is 19.9. The van der Waals surface area contributed by atoms with Crippen molar-refractivity contribution < 1.29 is 13.2 Å². The quantitative estimate of drug-likeness (QED) is 0.750. The maximum atomic E-state index is 13.0. The summed E-state index contributed by atoms with van der Waals surface area (Å²) in [5.74, 6) is 0.426. The molecule has 8 heteroatoms. The fourth-order valence-corrected chi connectivity index (χ4v) is 4.61. The molecule has 0 spiro atoms. The highest BCUT2D eigenvalue weighted by molar-refractivity contribution is 5.40. The van der Waals surface area contributed by atoms with Crippen LogP contribution in [0.25, 0.3) is 0 Å². The second-order valence-electron chi connectivity index (χ2n) is 8.34. The van der Waals surface area contributed by atoms with Gasteiger partial charge >= 0.3 is 11.9 Å². The summed E-state index contributed by atoms with van der Waals surface area (Å²) in [6.45, 7) is 4.75. The summed E-state index contributed by atoms with van der Waals surface area (Å²) in [7, 11) is 0. The lowest BCUT2D eigenvalue weighted by Crippen LogP contribution is -2.31. The smallest absolute Gasteiger partial charge is 0.302 e. The van der Waals surface area contributed by atoms with Gasteiger partial charge in [0.15, 0.2) is 0 Å². The second kappa shape index (κ2) is 7.16. The molecule has 1 N–H and O–H groups in total. The summed E-state index contributed by atoms with van der Waals surface area (Å²) >= 11 is 0. The molecule has 29 heavy (non-hydrogen) atoms. The Morgan fingerprint density at radius 1 is 1.21 bits per heavy atom. The highest BCUT2D eigenvalue weighted by atomic mass is 19.4. The van der Waals surface area contributed by atoms with Crippen molar-refractivity contribution in [2.45, 2.75) is 44.3 Å². The minimum atomic E-state index is -4.31. The van der Waals surface area contributed by atoms with Crippen LogP contribution in [-0.4, -0.2) is 34.1 Å². The number of benzene rings is 1. The zero-order valence-electron chi connectivity index (χ0n) is 16.3. The van der Waals surface area contributed by atoms with Crippen molar-refractivity contribution in [3.8, 4) is 0 Å². The molecule has 0 unspecified atom stereocenters. The SMILES string of the molecule is Cc1cn(CCCCN2C[C@H]3C[C@@]3(c3cccc(C(F)(F)F)c3)C2)c(=O)[nH]c1=O. The Morgan fingerprint density at radius 3 is 2.72 bits per heavy atom. The maximum Gasteiger partial charge on any atom is 0.416 e. The number of aromatic amines is 1. The van der Waals surface area contributed by atoms with E-state index in [4.69, 9.17) is 0 Å². The molecule has 156 valence electrons. The van der Waals surface area contributed by atoms with E-state index in [1.165, 1.54) is 16.7 Å². The van der Waals surface area contributed by atoms with Gasteiger partial charge in [-0.25, -0.2) is 4.79 Å². The molecule has 4 rings (SSSR count). The molecule has 1 aromatic heterocycles. The van der Waals surface area contributed by atoms with Crippen molar-refractivity contribution in [1.29, 1.82) is 0 Å². The molecule has 0 amide bonds. The van der Waals surface area contributed by atoms with E-state index in [1.54, 1.807) is 13.1 Å². The number of aryl methyl sites for hydroxylation is 2. The summed E-state index contributed by atoms with van der Waals surface area (Å²) in [4.78, 5) is 27.8. The number of rotatable bonds is 6. The number of unbranched alkanes of at least 4 members (excludes halogenated alkanes) is 1. The van der Waals surface area contributed by atoms with Crippen LogP contribution in [0.1, 0.15) is 36.0 Å². The zero-order chi connectivity index (χ0) is 20.8. The van der Waals surface area contributed by atoms with Gasteiger partial charge in [0.25, 0.3) is 5.56 Å². The van der Waals surface area contributed by atoms with Crippen LogP contribution in [0.4, 0.5) is 13.2 Å². The van der Waals surface area contributed by atoms with Gasteiger partial charge in [0, 0.05) is 36.8 Å². The van der Waals surface area contributed by atoms with E-state index in [0.717, 1.165) is 50.5 Å². The molecular formula is C21H24F3N3O2. The Morgan fingerprint density at radius 2 is 1.97 bits per heavy atom. The number of aromatic nitrogens is 2. The van der Waals surface area contributed by atoms with Gasteiger partial charge in [0.1, 0.15) is 0 Å². The van der Waals surface area contributed by atoms with Crippen LogP contribution in [-0.2, 0) is 18.1 Å². The van der Waals surface area contributed by atoms with E-state index in [0.29, 0.717) is 18.0 Å². The number of nitrogens with one attached hydrogen (secondary N) is 1. The maximum absolute atomic E-state index is 13.0. The van der Waals surface area contributed by atoms with Gasteiger partial charge in [0.05, 0.1) is 5.56 Å². The molecule has 0 radical (unpaired) electrons. The second-order valence-corrected chi connectivity index (χ2v) is 8.34. The number of likely N-dealkylation sites (tertiary alicyclic amines) is 1. The standard InChI is InChI=1S/C21H24F3N3O2/c1-14-11-27(19(29)25-18(14)28)8-3-2-7-26-12-17-10-20(17,13-26)15-5-4-6-16(9-15)21(22,23)24/h4-6,9,11,17H,2-3,7-8,10,12-13H2,1H3,(H,25,28,29)/t17-,20+/m1/s1. The Bertz CT molecular complexity index is 1030. The third kappa shape index (κ3) is 3.90. The summed E-state index contributed by atoms with van der Waals surface area (Å²) in [6.07, 6.45) is -0.0989. The first-order chi connectivity index (χ1) is 13.7. The highest BCUT2D eigenvalue weighted by Crippen LogP contribution is 2.59. The van der Waals surface area contributed by atoms with Crippen molar-refractivity contribution in [3.05, 3.63) is 68.0 Å². The van der Waals surface area contributed by atoms with Crippen LogP contribution < -0.4 is 11.2 Å². The lowest BCUT2D eigenvalue weighted by molar-refractivity contribution is -0.137. The molecule has 1 aliphatic heterocycles. The van der Waals surface area contributed by atoms with Crippen LogP contribution in [0, 0.1) is 12.8 Å². The predicted octanol–water partition coefficient (Wildman–Crippen LogP) is 2.92. The highest BCUT2D eigenvalue weighted by Gasteiger charge is 2.60. The molecular weight excluding hydrogens is 383 g/mol. The lowest BCUT2D eigenvalue weighted by atomic mass is 9.93. The Kier molecular flexibility index (Phi) is 4.93. The van der Waals surface area contributed by atoms with Crippen molar-refractivity contribution in [3.63, 3.8) is 0 Å². The van der Waals surface area contributed by atoms with Gasteiger partial charge in [-0.2, -0.15) is 13.2 Å². The molecule has 1 aliphatic carbocycles. The molecule has 1 aromatic carbocycles. The third-order valence-electron chi connectivity index (χ3n) is 6.29. The largest absolute Gasteiger partial charge is 0.416 e. The van der Waals surface area contributed by atoms with E-state index in [2.05, 4.69) is 9.88 Å². The van der Waals surface area contributed by atoms with Gasteiger partial charge in [-0.15, -0.1) is 0 Å². The first-order valence-corrected chi connectivity index (χ1v) is 9.89. The average molecular weight is 407 g/mol. The molecule has 2 fully saturated rings. The van der Waals surface area contributed by atoms with Gasteiger partial charge < -0.3 is 9.47 Å². The van der Waals surface area contributed by atoms with Crippen LogP contribution in [0.15, 0.2) is 40.1 Å². The molecule has 2 aliphatic rings. The predicted molar refractivity (Wildman–Crippen MR) is 103 cm³/mol. The van der Waals surface area contributed by atoms with Crippen molar-refractivity contribution in [1.82, 2.24) is 14.5 Å². The summed E-state index contributed by atoms with van der Waals surface area (Å²) in [5, 5.41) is 0. The van der Waals surface area contributed by atoms with Crippen LogP contribution in [0.3, 0.4) is 0 Å². The Hall–Kier alpha value is -2.35. The number of alkyl halides is 3. The number of halogens is 3. The Labute approximate surface area is 166 Å². The number of fused-ring (bicyclic) bond motifs is 1. The number of H-pyrrole nitrogens is 1. The van der Waals surface area contributed by atoms with Crippen molar-refractivity contribution in [2.24, 2.45) is 5.92 Å². The molecule has 1 saturated carbocycles. The number of piperidine rings is 1.